The molecule has 6 heteroatoms. The summed E-state index contributed by atoms with van der Waals surface area (Å²) in [5, 5.41) is 0. The van der Waals surface area contributed by atoms with E-state index in [1.807, 2.05) is 0 Å². The number of hydrogen-bond acceptors (Lipinski definition) is 6. The van der Waals surface area contributed by atoms with Crippen LogP contribution in [0.1, 0.15) is 265 Å². The predicted molar refractivity (Wildman–Crippen MR) is 307 cm³/mol. The van der Waals surface area contributed by atoms with Gasteiger partial charge < -0.3 is 14.2 Å². The average molecular weight is 986 g/mol. The van der Waals surface area contributed by atoms with Crippen molar-refractivity contribution in [1.29, 1.82) is 0 Å². The van der Waals surface area contributed by atoms with E-state index in [1.165, 1.54) is 96.3 Å². The van der Waals surface area contributed by atoms with Gasteiger partial charge in [-0.05, 0) is 128 Å². The normalized spacial score (nSPS) is 12.9. The highest BCUT2D eigenvalue weighted by molar-refractivity contribution is 5.71. The molecular formula is C65H108O6. The lowest BCUT2D eigenvalue weighted by molar-refractivity contribution is -0.167. The van der Waals surface area contributed by atoms with Gasteiger partial charge in [-0.15, -0.1) is 0 Å². The molecular weight excluding hydrogens is 877 g/mol. The maximum atomic E-state index is 12.9. The second kappa shape index (κ2) is 58.6. The zero-order valence-electron chi connectivity index (χ0n) is 46.2. The molecule has 0 unspecified atom stereocenters. The van der Waals surface area contributed by atoms with Crippen LogP contribution in [0.15, 0.2) is 109 Å². The first kappa shape index (κ1) is 67.1. The van der Waals surface area contributed by atoms with Gasteiger partial charge in [-0.1, -0.05) is 226 Å². The minimum atomic E-state index is -0.805. The number of carbonyl (C=O) groups excluding carboxylic acids is 3. The van der Waals surface area contributed by atoms with Crippen molar-refractivity contribution >= 4 is 17.9 Å². The molecule has 71 heavy (non-hydrogen) atoms. The Morgan fingerprint density at radius 1 is 0.296 bits per heavy atom. The van der Waals surface area contributed by atoms with Crippen molar-refractivity contribution in [2.45, 2.75) is 271 Å². The first-order valence-corrected chi connectivity index (χ1v) is 29.4. The molecule has 0 saturated carbocycles. The van der Waals surface area contributed by atoms with Crippen LogP contribution in [0.3, 0.4) is 0 Å². The van der Waals surface area contributed by atoms with E-state index in [1.54, 1.807) is 0 Å². The minimum absolute atomic E-state index is 0.0990. The first-order valence-electron chi connectivity index (χ1n) is 29.4. The summed E-state index contributed by atoms with van der Waals surface area (Å²) in [5.74, 6) is -0.947. The Balaban J connectivity index is 4.48. The van der Waals surface area contributed by atoms with E-state index in [9.17, 15) is 14.4 Å². The molecule has 0 bridgehead atoms. The summed E-state index contributed by atoms with van der Waals surface area (Å²) in [5.41, 5.74) is 0. The standard InChI is InChI=1S/C65H108O6/c1-4-7-10-13-16-19-22-25-28-31-32-35-37-40-43-46-49-52-55-58-64(67)70-61-62(71-65(68)59-56-53-50-47-44-41-38-34-30-27-24-21-18-15-12-9-6-3)60-69-63(66)57-54-51-48-45-42-39-36-33-29-26-23-20-17-14-11-8-5-2/h9,12,16-21,25-30,36,38-39,41,62H,4-8,10-11,13-15,22-24,31-35,37,40,42-61H2,1-3H3/b12-9-,19-16-,20-17-,21-18-,28-25-,29-26-,30-27-,39-36-,41-38-/t62-/m0/s1. The third kappa shape index (κ3) is 56.9. The highest BCUT2D eigenvalue weighted by Crippen LogP contribution is 2.14. The molecule has 6 nitrogen and oxygen atoms in total. The molecule has 0 saturated heterocycles. The molecule has 0 aliphatic heterocycles. The van der Waals surface area contributed by atoms with Crippen molar-refractivity contribution in [3.8, 4) is 0 Å². The fraction of sp³-hybridized carbons (Fsp3) is 0.677. The topological polar surface area (TPSA) is 78.9 Å². The number of unbranched alkanes of at least 4 members (excludes halogenated alkanes) is 23. The van der Waals surface area contributed by atoms with Crippen LogP contribution < -0.4 is 0 Å². The van der Waals surface area contributed by atoms with Crippen LogP contribution in [0.5, 0.6) is 0 Å². The van der Waals surface area contributed by atoms with Gasteiger partial charge in [0.05, 0.1) is 0 Å². The van der Waals surface area contributed by atoms with E-state index < -0.39 is 6.10 Å². The van der Waals surface area contributed by atoms with Crippen LogP contribution >= 0.6 is 0 Å². The summed E-state index contributed by atoms with van der Waals surface area (Å²) < 4.78 is 16.9. The van der Waals surface area contributed by atoms with Gasteiger partial charge in [-0.2, -0.15) is 0 Å². The molecule has 0 aromatic rings. The summed E-state index contributed by atoms with van der Waals surface area (Å²) in [4.78, 5) is 38.2. The van der Waals surface area contributed by atoms with Crippen molar-refractivity contribution in [3.05, 3.63) is 109 Å². The predicted octanol–water partition coefficient (Wildman–Crippen LogP) is 19.9. The number of hydrogen-bond donors (Lipinski definition) is 0. The van der Waals surface area contributed by atoms with Crippen LogP contribution in [0.2, 0.25) is 0 Å². The van der Waals surface area contributed by atoms with Gasteiger partial charge in [0, 0.05) is 19.3 Å². The van der Waals surface area contributed by atoms with E-state index in [-0.39, 0.29) is 31.1 Å². The van der Waals surface area contributed by atoms with Gasteiger partial charge in [-0.3, -0.25) is 14.4 Å². The largest absolute Gasteiger partial charge is 0.462 e. The number of esters is 3. The molecule has 0 heterocycles. The number of allylic oxidation sites excluding steroid dienone is 18. The molecule has 0 fully saturated rings. The van der Waals surface area contributed by atoms with Crippen molar-refractivity contribution < 1.29 is 28.6 Å². The summed E-state index contributed by atoms with van der Waals surface area (Å²) in [6, 6.07) is 0. The molecule has 0 aromatic carbocycles. The molecule has 404 valence electrons. The van der Waals surface area contributed by atoms with Crippen molar-refractivity contribution in [3.63, 3.8) is 0 Å². The van der Waals surface area contributed by atoms with Crippen LogP contribution in [0.25, 0.3) is 0 Å². The van der Waals surface area contributed by atoms with E-state index >= 15 is 0 Å². The second-order valence-electron chi connectivity index (χ2n) is 19.2. The average Bonchev–Trinajstić information content (AvgIpc) is 3.37. The highest BCUT2D eigenvalue weighted by atomic mass is 16.6. The maximum Gasteiger partial charge on any atom is 0.306 e. The molecule has 1 atom stereocenters. The Morgan fingerprint density at radius 3 is 0.859 bits per heavy atom. The SMILES string of the molecule is CC/C=C\C/C=C\C/C=C\C/C=C\CCCCCCC(=O)O[C@@H](COC(=O)CCCCCC/C=C\C/C=C\C/C=C\CCCCC)COC(=O)CCCCCCCCCCC/C=C\C/C=C\CCCCC. The Kier molecular flexibility index (Phi) is 55.4. The van der Waals surface area contributed by atoms with Crippen molar-refractivity contribution in [2.75, 3.05) is 13.2 Å². The molecule has 0 N–H and O–H groups in total. The van der Waals surface area contributed by atoms with Crippen molar-refractivity contribution in [1.82, 2.24) is 0 Å². The number of rotatable bonds is 52. The monoisotopic (exact) mass is 985 g/mol. The van der Waals surface area contributed by atoms with Gasteiger partial charge in [0.15, 0.2) is 6.10 Å². The number of ether oxygens (including phenoxy) is 3. The van der Waals surface area contributed by atoms with E-state index in [0.717, 1.165) is 128 Å². The smallest absolute Gasteiger partial charge is 0.306 e. The van der Waals surface area contributed by atoms with E-state index in [2.05, 4.69) is 130 Å². The fourth-order valence-electron chi connectivity index (χ4n) is 7.82. The van der Waals surface area contributed by atoms with Gasteiger partial charge in [0.1, 0.15) is 13.2 Å². The summed E-state index contributed by atoms with van der Waals surface area (Å²) in [6.45, 7) is 6.44. The third-order valence-corrected chi connectivity index (χ3v) is 12.2. The van der Waals surface area contributed by atoms with Gasteiger partial charge in [-0.25, -0.2) is 0 Å². The second-order valence-corrected chi connectivity index (χ2v) is 19.2. The van der Waals surface area contributed by atoms with Crippen LogP contribution in [0.4, 0.5) is 0 Å². The zero-order valence-corrected chi connectivity index (χ0v) is 46.2. The maximum absolute atomic E-state index is 12.9. The Morgan fingerprint density at radius 2 is 0.549 bits per heavy atom. The van der Waals surface area contributed by atoms with Crippen LogP contribution in [-0.4, -0.2) is 37.2 Å². The Labute approximate surface area is 438 Å². The van der Waals surface area contributed by atoms with E-state index in [0.29, 0.717) is 19.3 Å². The Hall–Kier alpha value is -3.93. The molecule has 0 rings (SSSR count). The molecule has 0 radical (unpaired) electrons. The van der Waals surface area contributed by atoms with Crippen LogP contribution in [0, 0.1) is 0 Å². The summed E-state index contributed by atoms with van der Waals surface area (Å²) in [7, 11) is 0. The van der Waals surface area contributed by atoms with Gasteiger partial charge in [0.2, 0.25) is 0 Å². The number of carbonyl (C=O) groups is 3. The molecule has 0 aromatic heterocycles. The quantitative estimate of drug-likeness (QED) is 0.0261. The van der Waals surface area contributed by atoms with E-state index in [4.69, 9.17) is 14.2 Å². The summed E-state index contributed by atoms with van der Waals surface area (Å²) in [6.07, 6.45) is 79.3. The fourth-order valence-corrected chi connectivity index (χ4v) is 7.82. The minimum Gasteiger partial charge on any atom is -0.462 e. The zero-order chi connectivity index (χ0) is 51.4. The third-order valence-electron chi connectivity index (χ3n) is 12.2. The lowest BCUT2D eigenvalue weighted by atomic mass is 10.1. The molecule has 0 aliphatic rings. The summed E-state index contributed by atoms with van der Waals surface area (Å²) >= 11 is 0. The van der Waals surface area contributed by atoms with Crippen molar-refractivity contribution in [2.24, 2.45) is 0 Å². The molecule has 0 amide bonds. The Bertz CT molecular complexity index is 1460. The lowest BCUT2D eigenvalue weighted by Gasteiger charge is -2.18. The van der Waals surface area contributed by atoms with Crippen LogP contribution in [-0.2, 0) is 28.6 Å². The first-order chi connectivity index (χ1) is 35.0. The lowest BCUT2D eigenvalue weighted by Crippen LogP contribution is -2.30. The molecule has 0 spiro atoms. The van der Waals surface area contributed by atoms with Gasteiger partial charge in [0.25, 0.3) is 0 Å². The van der Waals surface area contributed by atoms with Gasteiger partial charge >= 0.3 is 17.9 Å². The highest BCUT2D eigenvalue weighted by Gasteiger charge is 2.19. The molecule has 0 aliphatic carbocycles.